The molecule has 0 saturated carbocycles. The van der Waals surface area contributed by atoms with Crippen LogP contribution in [0.3, 0.4) is 0 Å². The zero-order valence-corrected chi connectivity index (χ0v) is 27.3. The molecule has 0 spiro atoms. The smallest absolute Gasteiger partial charge is 0.159 e. The van der Waals surface area contributed by atoms with Gasteiger partial charge in [0.1, 0.15) is 5.58 Å². The van der Waals surface area contributed by atoms with Gasteiger partial charge in [0, 0.05) is 47.3 Å². The van der Waals surface area contributed by atoms with Crippen molar-refractivity contribution < 1.29 is 4.42 Å². The molecule has 10 rings (SSSR count). The van der Waals surface area contributed by atoms with E-state index < -0.39 is 0 Å². The third kappa shape index (κ3) is 4.47. The predicted molar refractivity (Wildman–Crippen MR) is 210 cm³/mol. The Bertz CT molecular complexity index is 2830. The summed E-state index contributed by atoms with van der Waals surface area (Å²) in [6.45, 7) is 0. The number of furan rings is 1. The Kier molecular flexibility index (Phi) is 6.39. The van der Waals surface area contributed by atoms with E-state index in [0.717, 1.165) is 44.6 Å². The maximum absolute atomic E-state index is 6.73. The monoisotopic (exact) mass is 643 g/mol. The largest absolute Gasteiger partial charge is 0.454 e. The first-order valence-corrected chi connectivity index (χ1v) is 17.4. The summed E-state index contributed by atoms with van der Waals surface area (Å²) in [7, 11) is 0. The molecule has 0 radical (unpaired) electrons. The van der Waals surface area contributed by atoms with Crippen molar-refractivity contribution in [1.29, 1.82) is 0 Å². The summed E-state index contributed by atoms with van der Waals surface area (Å²) in [5.41, 5.74) is 9.74. The van der Waals surface area contributed by atoms with E-state index in [1.54, 1.807) is 0 Å². The molecule has 3 heteroatoms. The van der Waals surface area contributed by atoms with Crippen molar-refractivity contribution in [2.75, 3.05) is 4.90 Å². The number of nitrogens with zero attached hydrogens (tertiary/aromatic N) is 1. The number of fused-ring (bicyclic) bond motifs is 8. The standard InChI is InChI=1S/C46H29NOS/c1-3-14-30(15-4-1)32-26-27-44-38(28-32)39-29-42(34-19-7-8-21-37(34)46(39)49-44)47(40-23-11-9-18-33(40)31-16-5-2-6-17-31)41-24-13-22-36-35-20-10-12-25-43(35)48-45(36)41/h1-29H. The van der Waals surface area contributed by atoms with Gasteiger partial charge >= 0.3 is 0 Å². The lowest BCUT2D eigenvalue weighted by Crippen LogP contribution is -2.12. The van der Waals surface area contributed by atoms with E-state index in [1.807, 2.05) is 17.4 Å². The summed E-state index contributed by atoms with van der Waals surface area (Å²) in [4.78, 5) is 2.43. The molecule has 0 atom stereocenters. The summed E-state index contributed by atoms with van der Waals surface area (Å²) < 4.78 is 9.32. The van der Waals surface area contributed by atoms with Crippen molar-refractivity contribution in [3.8, 4) is 22.3 Å². The van der Waals surface area contributed by atoms with Crippen LogP contribution in [0, 0.1) is 0 Å². The zero-order valence-electron chi connectivity index (χ0n) is 26.5. The SMILES string of the molecule is c1ccc(-c2ccc3sc4c5ccccc5c(N(c5ccccc5-c5ccccc5)c5cccc6c5oc5ccccc56)cc4c3c2)cc1. The second kappa shape index (κ2) is 11.2. The number of anilines is 3. The predicted octanol–water partition coefficient (Wildman–Crippen LogP) is 13.9. The topological polar surface area (TPSA) is 16.4 Å². The van der Waals surface area contributed by atoms with Crippen LogP contribution in [0.25, 0.3) is 75.1 Å². The average molecular weight is 644 g/mol. The molecule has 0 fully saturated rings. The molecule has 0 amide bonds. The van der Waals surface area contributed by atoms with Gasteiger partial charge in [-0.25, -0.2) is 0 Å². The Balaban J connectivity index is 1.33. The third-order valence-corrected chi connectivity index (χ3v) is 10.9. The summed E-state index contributed by atoms with van der Waals surface area (Å²) in [5, 5.41) is 7.19. The molecule has 0 aliphatic heterocycles. The van der Waals surface area contributed by atoms with Gasteiger partial charge in [0.15, 0.2) is 5.58 Å². The minimum absolute atomic E-state index is 0.872. The van der Waals surface area contributed by atoms with Crippen molar-refractivity contribution in [2.45, 2.75) is 0 Å². The molecule has 10 aromatic rings. The Morgan fingerprint density at radius 1 is 0.388 bits per heavy atom. The van der Waals surface area contributed by atoms with E-state index in [-0.39, 0.29) is 0 Å². The van der Waals surface area contributed by atoms with Crippen LogP contribution in [0.5, 0.6) is 0 Å². The first kappa shape index (κ1) is 27.9. The van der Waals surface area contributed by atoms with Crippen LogP contribution in [-0.4, -0.2) is 0 Å². The third-order valence-electron chi connectivity index (χ3n) is 9.66. The van der Waals surface area contributed by atoms with Crippen molar-refractivity contribution in [3.63, 3.8) is 0 Å². The van der Waals surface area contributed by atoms with Crippen molar-refractivity contribution in [2.24, 2.45) is 0 Å². The van der Waals surface area contributed by atoms with E-state index in [4.69, 9.17) is 4.42 Å². The number of hydrogen-bond donors (Lipinski definition) is 0. The van der Waals surface area contributed by atoms with Gasteiger partial charge in [-0.05, 0) is 53.1 Å². The van der Waals surface area contributed by atoms with E-state index >= 15 is 0 Å². The fourth-order valence-electron chi connectivity index (χ4n) is 7.40. The number of hydrogen-bond acceptors (Lipinski definition) is 3. The van der Waals surface area contributed by atoms with Gasteiger partial charge in [-0.15, -0.1) is 11.3 Å². The molecule has 0 N–H and O–H groups in total. The maximum Gasteiger partial charge on any atom is 0.159 e. The number of para-hydroxylation sites is 3. The summed E-state index contributed by atoms with van der Waals surface area (Å²) >= 11 is 1.88. The van der Waals surface area contributed by atoms with Gasteiger partial charge in [-0.1, -0.05) is 140 Å². The van der Waals surface area contributed by atoms with Crippen LogP contribution in [0.15, 0.2) is 180 Å². The lowest BCUT2D eigenvalue weighted by molar-refractivity contribution is 0.669. The highest BCUT2D eigenvalue weighted by Gasteiger charge is 2.25. The Morgan fingerprint density at radius 2 is 1.04 bits per heavy atom. The zero-order chi connectivity index (χ0) is 32.3. The van der Waals surface area contributed by atoms with Crippen LogP contribution in [0.4, 0.5) is 17.1 Å². The molecule has 49 heavy (non-hydrogen) atoms. The van der Waals surface area contributed by atoms with Gasteiger partial charge < -0.3 is 9.32 Å². The fourth-order valence-corrected chi connectivity index (χ4v) is 8.60. The summed E-state index contributed by atoms with van der Waals surface area (Å²) in [6.07, 6.45) is 0. The van der Waals surface area contributed by atoms with Crippen LogP contribution in [-0.2, 0) is 0 Å². The molecule has 2 heterocycles. The Hall–Kier alpha value is -6.16. The molecule has 8 aromatic carbocycles. The molecule has 0 aliphatic rings. The fraction of sp³-hybridized carbons (Fsp3) is 0. The van der Waals surface area contributed by atoms with E-state index in [1.165, 1.54) is 47.6 Å². The number of benzene rings is 8. The molecule has 230 valence electrons. The van der Waals surface area contributed by atoms with Crippen molar-refractivity contribution in [1.82, 2.24) is 0 Å². The maximum atomic E-state index is 6.73. The molecule has 0 aliphatic carbocycles. The Morgan fingerprint density at radius 3 is 1.88 bits per heavy atom. The number of rotatable bonds is 5. The van der Waals surface area contributed by atoms with Crippen LogP contribution >= 0.6 is 11.3 Å². The molecule has 0 unspecified atom stereocenters. The van der Waals surface area contributed by atoms with Gasteiger partial charge in [0.25, 0.3) is 0 Å². The normalized spacial score (nSPS) is 11.7. The first-order chi connectivity index (χ1) is 24.3. The molecule has 2 aromatic heterocycles. The highest BCUT2D eigenvalue weighted by Crippen LogP contribution is 2.50. The van der Waals surface area contributed by atoms with Crippen LogP contribution in [0.1, 0.15) is 0 Å². The van der Waals surface area contributed by atoms with Crippen molar-refractivity contribution in [3.05, 3.63) is 176 Å². The summed E-state index contributed by atoms with van der Waals surface area (Å²) in [6, 6.07) is 63.1. The highest BCUT2D eigenvalue weighted by molar-refractivity contribution is 7.26. The second-order valence-electron chi connectivity index (χ2n) is 12.5. The van der Waals surface area contributed by atoms with Gasteiger partial charge in [0.05, 0.1) is 17.1 Å². The van der Waals surface area contributed by atoms with Crippen LogP contribution in [0.2, 0.25) is 0 Å². The van der Waals surface area contributed by atoms with Gasteiger partial charge in [-0.2, -0.15) is 0 Å². The molecule has 2 nitrogen and oxygen atoms in total. The average Bonchev–Trinajstić information content (AvgIpc) is 3.75. The Labute approximate surface area is 287 Å². The quantitative estimate of drug-likeness (QED) is 0.186. The number of thiophene rings is 1. The molecule has 0 bridgehead atoms. The lowest BCUT2D eigenvalue weighted by atomic mass is 9.98. The molecule has 0 saturated heterocycles. The van der Waals surface area contributed by atoms with E-state index in [2.05, 4.69) is 175 Å². The highest BCUT2D eigenvalue weighted by atomic mass is 32.1. The van der Waals surface area contributed by atoms with E-state index in [0.29, 0.717) is 0 Å². The lowest BCUT2D eigenvalue weighted by Gasteiger charge is -2.29. The van der Waals surface area contributed by atoms with Crippen LogP contribution < -0.4 is 4.90 Å². The summed E-state index contributed by atoms with van der Waals surface area (Å²) in [5.74, 6) is 0. The second-order valence-corrected chi connectivity index (χ2v) is 13.5. The van der Waals surface area contributed by atoms with Crippen molar-refractivity contribution >= 4 is 81.3 Å². The minimum Gasteiger partial charge on any atom is -0.454 e. The minimum atomic E-state index is 0.872. The molecular weight excluding hydrogens is 615 g/mol. The molecular formula is C46H29NOS. The van der Waals surface area contributed by atoms with E-state index in [9.17, 15) is 0 Å². The van der Waals surface area contributed by atoms with Gasteiger partial charge in [0.2, 0.25) is 0 Å². The van der Waals surface area contributed by atoms with Gasteiger partial charge in [-0.3, -0.25) is 0 Å². The first-order valence-electron chi connectivity index (χ1n) is 16.6.